The average molecular weight is 244 g/mol. The van der Waals surface area contributed by atoms with Gasteiger partial charge in [0.05, 0.1) is 5.57 Å². The molecule has 0 fully saturated rings. The minimum Gasteiger partial charge on any atom is -0.490 e. The van der Waals surface area contributed by atoms with Crippen LogP contribution in [0.25, 0.3) is 6.08 Å². The second-order valence-electron chi connectivity index (χ2n) is 3.21. The van der Waals surface area contributed by atoms with Crippen molar-refractivity contribution in [2.24, 2.45) is 5.73 Å². The fourth-order valence-electron chi connectivity index (χ4n) is 1.17. The van der Waals surface area contributed by atoms with Crippen LogP contribution in [0.2, 0.25) is 0 Å². The van der Waals surface area contributed by atoms with Crippen LogP contribution in [0, 0.1) is 11.3 Å². The van der Waals surface area contributed by atoms with E-state index in [1.807, 2.05) is 24.3 Å². The third kappa shape index (κ3) is 4.09. The molecule has 4 heteroatoms. The van der Waals surface area contributed by atoms with Crippen molar-refractivity contribution in [2.45, 2.75) is 0 Å². The largest absolute Gasteiger partial charge is 0.490 e. The Morgan fingerprint density at radius 3 is 2.94 bits per heavy atom. The lowest BCUT2D eigenvalue weighted by molar-refractivity contribution is 0.363. The van der Waals surface area contributed by atoms with Crippen LogP contribution in [0.15, 0.2) is 42.5 Å². The molecule has 0 heterocycles. The van der Waals surface area contributed by atoms with Crippen molar-refractivity contribution >= 4 is 23.3 Å². The van der Waals surface area contributed by atoms with E-state index in [9.17, 15) is 0 Å². The maximum atomic E-state index is 8.84. The Kier molecular flexibility index (Phi) is 4.92. The molecule has 17 heavy (non-hydrogen) atoms. The molecule has 0 unspecified atom stereocenters. The topological polar surface area (TPSA) is 59.0 Å². The van der Waals surface area contributed by atoms with Crippen molar-refractivity contribution in [1.82, 2.24) is 0 Å². The van der Waals surface area contributed by atoms with E-state index < -0.39 is 0 Å². The normalized spacial score (nSPS) is 10.4. The van der Waals surface area contributed by atoms with Crippen LogP contribution < -0.4 is 10.5 Å². The fourth-order valence-corrected chi connectivity index (χ4v) is 1.28. The predicted octanol–water partition coefficient (Wildman–Crippen LogP) is 2.44. The fraction of sp³-hybridized carbons (Fsp3) is 0.0769. The lowest BCUT2D eigenvalue weighted by Gasteiger charge is -2.04. The first-order valence-corrected chi connectivity index (χ1v) is 5.33. The highest BCUT2D eigenvalue weighted by Gasteiger charge is 2.00. The standard InChI is InChI=1S/C13H12N2OS/c1-2-6-16-12-5-3-4-10(8-12)7-11(9-14)13(15)17/h2-5,7-8H,1,6H2,(H2,15,17)/b11-7+. The minimum atomic E-state index is 0.0879. The highest BCUT2D eigenvalue weighted by molar-refractivity contribution is 7.80. The summed E-state index contributed by atoms with van der Waals surface area (Å²) < 4.78 is 5.38. The zero-order valence-corrected chi connectivity index (χ0v) is 10.0. The number of thiocarbonyl (C=S) groups is 1. The second kappa shape index (κ2) is 6.46. The average Bonchev–Trinajstić information content (AvgIpc) is 2.33. The molecule has 0 bridgehead atoms. The number of rotatable bonds is 5. The monoisotopic (exact) mass is 244 g/mol. The molecule has 1 aromatic rings. The molecule has 0 aliphatic heterocycles. The van der Waals surface area contributed by atoms with Gasteiger partial charge in [-0.15, -0.1) is 0 Å². The van der Waals surface area contributed by atoms with Crippen LogP contribution in [0.4, 0.5) is 0 Å². The van der Waals surface area contributed by atoms with E-state index in [4.69, 9.17) is 28.0 Å². The number of benzene rings is 1. The van der Waals surface area contributed by atoms with Crippen LogP contribution >= 0.6 is 12.2 Å². The molecule has 1 rings (SSSR count). The summed E-state index contributed by atoms with van der Waals surface area (Å²) in [6.07, 6.45) is 3.29. The van der Waals surface area contributed by atoms with Gasteiger partial charge in [0.2, 0.25) is 0 Å². The molecule has 86 valence electrons. The molecular weight excluding hydrogens is 232 g/mol. The maximum Gasteiger partial charge on any atom is 0.120 e. The molecule has 3 nitrogen and oxygen atoms in total. The zero-order valence-electron chi connectivity index (χ0n) is 9.22. The van der Waals surface area contributed by atoms with Crippen LogP contribution in [0.1, 0.15) is 5.56 Å². The molecule has 0 aliphatic rings. The van der Waals surface area contributed by atoms with Gasteiger partial charge in [0.1, 0.15) is 23.4 Å². The lowest BCUT2D eigenvalue weighted by Crippen LogP contribution is -2.09. The van der Waals surface area contributed by atoms with E-state index in [1.54, 1.807) is 18.2 Å². The summed E-state index contributed by atoms with van der Waals surface area (Å²) in [5.74, 6) is 0.707. The van der Waals surface area contributed by atoms with Gasteiger partial charge in [-0.05, 0) is 23.8 Å². The molecule has 0 saturated carbocycles. The third-order valence-corrected chi connectivity index (χ3v) is 2.14. The SMILES string of the molecule is C=CCOc1cccc(/C=C(\C#N)C(N)=S)c1. The molecular formula is C13H12N2OS. The summed E-state index contributed by atoms with van der Waals surface area (Å²) >= 11 is 4.76. The highest BCUT2D eigenvalue weighted by Crippen LogP contribution is 2.15. The van der Waals surface area contributed by atoms with Crippen molar-refractivity contribution in [3.05, 3.63) is 48.1 Å². The van der Waals surface area contributed by atoms with Gasteiger partial charge in [-0.1, -0.05) is 37.0 Å². The molecule has 2 N–H and O–H groups in total. The van der Waals surface area contributed by atoms with Crippen LogP contribution in [0.5, 0.6) is 5.75 Å². The molecule has 0 aliphatic carbocycles. The predicted molar refractivity (Wildman–Crippen MR) is 72.5 cm³/mol. The van der Waals surface area contributed by atoms with Gasteiger partial charge >= 0.3 is 0 Å². The Labute approximate surface area is 106 Å². The van der Waals surface area contributed by atoms with Crippen molar-refractivity contribution in [1.29, 1.82) is 5.26 Å². The van der Waals surface area contributed by atoms with Gasteiger partial charge in [-0.25, -0.2) is 0 Å². The molecule has 0 spiro atoms. The van der Waals surface area contributed by atoms with Crippen molar-refractivity contribution in [3.8, 4) is 11.8 Å². The summed E-state index contributed by atoms with van der Waals surface area (Å²) in [4.78, 5) is 0.0879. The molecule has 0 atom stereocenters. The molecule has 0 amide bonds. The Bertz CT molecular complexity index is 500. The van der Waals surface area contributed by atoms with Gasteiger partial charge in [0.15, 0.2) is 0 Å². The number of nitriles is 1. The van der Waals surface area contributed by atoms with Gasteiger partial charge < -0.3 is 10.5 Å². The molecule has 0 saturated heterocycles. The van der Waals surface area contributed by atoms with E-state index in [2.05, 4.69) is 6.58 Å². The van der Waals surface area contributed by atoms with E-state index in [1.165, 1.54) is 0 Å². The first kappa shape index (κ1) is 12.9. The summed E-state index contributed by atoms with van der Waals surface area (Å²) in [7, 11) is 0. The zero-order chi connectivity index (χ0) is 12.7. The summed E-state index contributed by atoms with van der Waals surface area (Å²) in [6, 6.07) is 9.26. The Balaban J connectivity index is 2.96. The van der Waals surface area contributed by atoms with E-state index in [0.29, 0.717) is 12.4 Å². The lowest BCUT2D eigenvalue weighted by atomic mass is 10.1. The van der Waals surface area contributed by atoms with Gasteiger partial charge in [0.25, 0.3) is 0 Å². The van der Waals surface area contributed by atoms with E-state index in [0.717, 1.165) is 5.56 Å². The van der Waals surface area contributed by atoms with Crippen LogP contribution in [0.3, 0.4) is 0 Å². The van der Waals surface area contributed by atoms with E-state index >= 15 is 0 Å². The smallest absolute Gasteiger partial charge is 0.120 e. The quantitative estimate of drug-likeness (QED) is 0.374. The van der Waals surface area contributed by atoms with Crippen molar-refractivity contribution < 1.29 is 4.74 Å². The van der Waals surface area contributed by atoms with Gasteiger partial charge in [-0.2, -0.15) is 5.26 Å². The first-order valence-electron chi connectivity index (χ1n) is 4.92. The maximum absolute atomic E-state index is 8.84. The number of hydrogen-bond donors (Lipinski definition) is 1. The summed E-state index contributed by atoms with van der Waals surface area (Å²) in [5, 5.41) is 8.84. The van der Waals surface area contributed by atoms with Crippen LogP contribution in [-0.4, -0.2) is 11.6 Å². The number of hydrogen-bond acceptors (Lipinski definition) is 3. The highest BCUT2D eigenvalue weighted by atomic mass is 32.1. The number of nitrogens with zero attached hydrogens (tertiary/aromatic N) is 1. The van der Waals surface area contributed by atoms with Gasteiger partial charge in [0, 0.05) is 0 Å². The minimum absolute atomic E-state index is 0.0879. The van der Waals surface area contributed by atoms with Crippen molar-refractivity contribution in [3.63, 3.8) is 0 Å². The second-order valence-corrected chi connectivity index (χ2v) is 3.65. The Hall–Kier alpha value is -2.12. The number of ether oxygens (including phenoxy) is 1. The third-order valence-electron chi connectivity index (χ3n) is 1.92. The number of nitrogens with two attached hydrogens (primary N) is 1. The van der Waals surface area contributed by atoms with Crippen LogP contribution in [-0.2, 0) is 0 Å². The van der Waals surface area contributed by atoms with Crippen molar-refractivity contribution in [2.75, 3.05) is 6.61 Å². The van der Waals surface area contributed by atoms with Gasteiger partial charge in [-0.3, -0.25) is 0 Å². The Morgan fingerprint density at radius 1 is 1.59 bits per heavy atom. The Morgan fingerprint density at radius 2 is 2.35 bits per heavy atom. The summed E-state index contributed by atoms with van der Waals surface area (Å²) in [6.45, 7) is 4.01. The first-order chi connectivity index (χ1) is 8.17. The van der Waals surface area contributed by atoms with E-state index in [-0.39, 0.29) is 10.6 Å². The molecule has 1 aromatic carbocycles. The molecule has 0 radical (unpaired) electrons. The molecule has 0 aromatic heterocycles. The summed E-state index contributed by atoms with van der Waals surface area (Å²) in [5.41, 5.74) is 6.50.